The second-order valence-electron chi connectivity index (χ2n) is 7.71. The van der Waals surface area contributed by atoms with E-state index in [9.17, 15) is 4.79 Å². The number of nitrogens with zero attached hydrogens (tertiary/aromatic N) is 5. The van der Waals surface area contributed by atoms with Crippen molar-refractivity contribution in [2.75, 3.05) is 43.6 Å². The molecule has 3 heterocycles. The first-order valence-electron chi connectivity index (χ1n) is 9.74. The monoisotopic (exact) mass is 381 g/mol. The summed E-state index contributed by atoms with van der Waals surface area (Å²) in [6, 6.07) is 10.1. The number of aromatic nitrogens is 2. The van der Waals surface area contributed by atoms with Crippen LogP contribution in [0.1, 0.15) is 17.5 Å². The molecule has 0 N–H and O–H groups in total. The van der Waals surface area contributed by atoms with Crippen LogP contribution in [0.25, 0.3) is 0 Å². The molecule has 0 bridgehead atoms. The Balaban J connectivity index is 1.58. The van der Waals surface area contributed by atoms with Gasteiger partial charge < -0.3 is 19.4 Å². The number of ether oxygens (including phenoxy) is 1. The molecule has 0 radical (unpaired) electrons. The first-order valence-corrected chi connectivity index (χ1v) is 9.74. The zero-order valence-corrected chi connectivity index (χ0v) is 16.7. The van der Waals surface area contributed by atoms with Gasteiger partial charge in [0.05, 0.1) is 25.2 Å². The lowest BCUT2D eigenvalue weighted by molar-refractivity contribution is -0.133. The van der Waals surface area contributed by atoms with Crippen LogP contribution >= 0.6 is 0 Å². The van der Waals surface area contributed by atoms with Gasteiger partial charge in [-0.25, -0.2) is 4.98 Å². The lowest BCUT2D eigenvalue weighted by atomic mass is 10.1. The van der Waals surface area contributed by atoms with Crippen molar-refractivity contribution in [3.63, 3.8) is 0 Å². The summed E-state index contributed by atoms with van der Waals surface area (Å²) in [5.41, 5.74) is 2.18. The number of fused-ring (bicyclic) bond motifs is 1. The molecule has 2 fully saturated rings. The molecule has 2 aliphatic heterocycles. The highest BCUT2D eigenvalue weighted by Crippen LogP contribution is 2.28. The van der Waals surface area contributed by atoms with Gasteiger partial charge in [0.2, 0.25) is 11.9 Å². The van der Waals surface area contributed by atoms with Crippen LogP contribution in [0.2, 0.25) is 0 Å². The van der Waals surface area contributed by atoms with E-state index in [0.29, 0.717) is 38.6 Å². The van der Waals surface area contributed by atoms with Crippen molar-refractivity contribution in [3.05, 3.63) is 47.7 Å². The standard InChI is InChI=1S/C21H27N5O2/c1-15-11-22-21(23-20(15)24(2)3)25-13-17-18(14-25)28-10-9-19(27)26(17)12-16-7-5-4-6-8-16/h4-8,11,17-18H,9-10,12-14H2,1-3H3/t17-,18-/m0/s1. The lowest BCUT2D eigenvalue weighted by Crippen LogP contribution is -2.45. The van der Waals surface area contributed by atoms with Crippen LogP contribution in [0, 0.1) is 6.92 Å². The van der Waals surface area contributed by atoms with Gasteiger partial charge in [0.1, 0.15) is 5.82 Å². The Labute approximate surface area is 165 Å². The molecular formula is C21H27N5O2. The Hall–Kier alpha value is -2.67. The van der Waals surface area contributed by atoms with Crippen LogP contribution in [-0.2, 0) is 16.1 Å². The van der Waals surface area contributed by atoms with Gasteiger partial charge in [-0.05, 0) is 12.5 Å². The third kappa shape index (κ3) is 3.67. The van der Waals surface area contributed by atoms with Gasteiger partial charge in [-0.2, -0.15) is 4.98 Å². The Kier molecular flexibility index (Phi) is 5.17. The van der Waals surface area contributed by atoms with Crippen molar-refractivity contribution in [2.45, 2.75) is 32.0 Å². The molecule has 0 saturated carbocycles. The highest BCUT2D eigenvalue weighted by atomic mass is 16.5. The highest BCUT2D eigenvalue weighted by Gasteiger charge is 2.42. The van der Waals surface area contributed by atoms with Gasteiger partial charge in [-0.1, -0.05) is 30.3 Å². The van der Waals surface area contributed by atoms with Crippen LogP contribution in [-0.4, -0.2) is 66.7 Å². The predicted molar refractivity (Wildman–Crippen MR) is 108 cm³/mol. The Morgan fingerprint density at radius 2 is 2.00 bits per heavy atom. The highest BCUT2D eigenvalue weighted by molar-refractivity contribution is 5.77. The van der Waals surface area contributed by atoms with Crippen LogP contribution in [0.4, 0.5) is 11.8 Å². The number of anilines is 2. The molecule has 2 saturated heterocycles. The molecular weight excluding hydrogens is 354 g/mol. The Bertz CT molecular complexity index is 842. The van der Waals surface area contributed by atoms with Gasteiger partial charge in [-0.3, -0.25) is 4.79 Å². The van der Waals surface area contributed by atoms with E-state index in [1.165, 1.54) is 0 Å². The first-order chi connectivity index (χ1) is 13.5. The maximum absolute atomic E-state index is 12.8. The van der Waals surface area contributed by atoms with Crippen molar-refractivity contribution in [3.8, 4) is 0 Å². The van der Waals surface area contributed by atoms with Crippen LogP contribution in [0.3, 0.4) is 0 Å². The van der Waals surface area contributed by atoms with Crippen molar-refractivity contribution in [2.24, 2.45) is 0 Å². The molecule has 7 nitrogen and oxygen atoms in total. The molecule has 0 aliphatic carbocycles. The quantitative estimate of drug-likeness (QED) is 0.806. The van der Waals surface area contributed by atoms with E-state index in [-0.39, 0.29) is 18.1 Å². The minimum Gasteiger partial charge on any atom is -0.374 e. The summed E-state index contributed by atoms with van der Waals surface area (Å²) in [7, 11) is 3.97. The smallest absolute Gasteiger partial charge is 0.227 e. The Morgan fingerprint density at radius 3 is 2.75 bits per heavy atom. The fraction of sp³-hybridized carbons (Fsp3) is 0.476. The molecule has 2 aliphatic rings. The number of carbonyl (C=O) groups excluding carboxylic acids is 1. The summed E-state index contributed by atoms with van der Waals surface area (Å²) < 4.78 is 6.05. The van der Waals surface area contributed by atoms with Gasteiger partial charge in [0, 0.05) is 45.5 Å². The maximum atomic E-state index is 12.8. The molecule has 0 spiro atoms. The van der Waals surface area contributed by atoms with E-state index in [1.54, 1.807) is 0 Å². The third-order valence-electron chi connectivity index (χ3n) is 5.44. The average molecular weight is 381 g/mol. The van der Waals surface area contributed by atoms with Gasteiger partial charge in [-0.15, -0.1) is 0 Å². The predicted octanol–water partition coefficient (Wildman–Crippen LogP) is 1.86. The minimum atomic E-state index is -0.0251. The SMILES string of the molecule is Cc1cnc(N2C[C@@H]3OCCC(=O)N(Cc4ccccc4)[C@H]3C2)nc1N(C)C. The maximum Gasteiger partial charge on any atom is 0.227 e. The molecule has 1 aromatic carbocycles. The zero-order chi connectivity index (χ0) is 19.7. The summed E-state index contributed by atoms with van der Waals surface area (Å²) in [6.45, 7) is 4.46. The van der Waals surface area contributed by atoms with Crippen molar-refractivity contribution < 1.29 is 9.53 Å². The molecule has 148 valence electrons. The summed E-state index contributed by atoms with van der Waals surface area (Å²) in [4.78, 5) is 28.2. The largest absolute Gasteiger partial charge is 0.374 e. The number of amides is 1. The number of carbonyl (C=O) groups is 1. The second kappa shape index (κ2) is 7.75. The van der Waals surface area contributed by atoms with Gasteiger partial charge in [0.25, 0.3) is 0 Å². The molecule has 4 rings (SSSR count). The van der Waals surface area contributed by atoms with Crippen LogP contribution in [0.5, 0.6) is 0 Å². The first kappa shape index (κ1) is 18.7. The molecule has 2 aromatic rings. The molecule has 28 heavy (non-hydrogen) atoms. The summed E-state index contributed by atoms with van der Waals surface area (Å²) >= 11 is 0. The van der Waals surface area contributed by atoms with Gasteiger partial charge in [0.15, 0.2) is 0 Å². The van der Waals surface area contributed by atoms with E-state index in [4.69, 9.17) is 9.72 Å². The molecule has 0 unspecified atom stereocenters. The normalized spacial score (nSPS) is 22.2. The van der Waals surface area contributed by atoms with E-state index in [1.807, 2.05) is 55.2 Å². The van der Waals surface area contributed by atoms with Crippen molar-refractivity contribution in [1.82, 2.24) is 14.9 Å². The second-order valence-corrected chi connectivity index (χ2v) is 7.71. The molecule has 1 aromatic heterocycles. The number of rotatable bonds is 4. The summed E-state index contributed by atoms with van der Waals surface area (Å²) in [6.07, 6.45) is 2.27. The van der Waals surface area contributed by atoms with Crippen molar-refractivity contribution >= 4 is 17.7 Å². The number of aryl methyl sites for hydroxylation is 1. The molecule has 7 heteroatoms. The van der Waals surface area contributed by atoms with E-state index >= 15 is 0 Å². The third-order valence-corrected chi connectivity index (χ3v) is 5.44. The van der Waals surface area contributed by atoms with Crippen LogP contribution in [0.15, 0.2) is 36.5 Å². The number of hydrogen-bond acceptors (Lipinski definition) is 6. The molecule has 2 atom stereocenters. The van der Waals surface area contributed by atoms with Crippen LogP contribution < -0.4 is 9.80 Å². The average Bonchev–Trinajstić information content (AvgIpc) is 3.05. The summed E-state index contributed by atoms with van der Waals surface area (Å²) in [5, 5.41) is 0. The summed E-state index contributed by atoms with van der Waals surface area (Å²) in [5.74, 6) is 1.75. The Morgan fingerprint density at radius 1 is 1.21 bits per heavy atom. The van der Waals surface area contributed by atoms with E-state index in [2.05, 4.69) is 22.0 Å². The van der Waals surface area contributed by atoms with E-state index < -0.39 is 0 Å². The topological polar surface area (TPSA) is 61.8 Å². The minimum absolute atomic E-state index is 0.00270. The lowest BCUT2D eigenvalue weighted by Gasteiger charge is -2.29. The molecule has 1 amide bonds. The zero-order valence-electron chi connectivity index (χ0n) is 16.7. The fourth-order valence-corrected chi connectivity index (χ4v) is 4.02. The van der Waals surface area contributed by atoms with Gasteiger partial charge >= 0.3 is 0 Å². The van der Waals surface area contributed by atoms with E-state index in [0.717, 1.165) is 16.9 Å². The fourth-order valence-electron chi connectivity index (χ4n) is 4.02. The van der Waals surface area contributed by atoms with Crippen molar-refractivity contribution in [1.29, 1.82) is 0 Å². The number of benzene rings is 1. The number of hydrogen-bond donors (Lipinski definition) is 0.